The molecule has 1 aliphatic rings. The number of nitrogens with one attached hydrogen (secondary N) is 2. The van der Waals surface area contributed by atoms with Crippen LogP contribution < -0.4 is 10.6 Å². The Hall–Kier alpha value is -2.41. The van der Waals surface area contributed by atoms with Gasteiger partial charge in [-0.25, -0.2) is 0 Å². The summed E-state index contributed by atoms with van der Waals surface area (Å²) in [6.45, 7) is 7.16. The minimum atomic E-state index is -0.150. The number of piperazine rings is 1. The van der Waals surface area contributed by atoms with Gasteiger partial charge in [0.2, 0.25) is 5.91 Å². The monoisotopic (exact) mass is 442 g/mol. The molecule has 7 heteroatoms. The first kappa shape index (κ1) is 23.3. The molecule has 0 spiro atoms. The van der Waals surface area contributed by atoms with Crippen LogP contribution in [0.3, 0.4) is 0 Å². The van der Waals surface area contributed by atoms with E-state index in [1.807, 2.05) is 6.07 Å². The molecule has 0 aliphatic carbocycles. The SMILES string of the molecule is O=C(CCCNC(=O)c1ccc(Cl)cc1)NCCN1CCN(Cc2ccccc2)CC1. The number of nitrogens with zero attached hydrogens (tertiary/aromatic N) is 2. The maximum Gasteiger partial charge on any atom is 0.251 e. The summed E-state index contributed by atoms with van der Waals surface area (Å²) in [6, 6.07) is 17.3. The summed E-state index contributed by atoms with van der Waals surface area (Å²) >= 11 is 5.82. The van der Waals surface area contributed by atoms with E-state index in [0.717, 1.165) is 39.3 Å². The number of amides is 2. The number of rotatable bonds is 10. The van der Waals surface area contributed by atoms with Gasteiger partial charge in [-0.05, 0) is 36.2 Å². The van der Waals surface area contributed by atoms with Crippen molar-refractivity contribution < 1.29 is 9.59 Å². The van der Waals surface area contributed by atoms with Gasteiger partial charge in [-0.1, -0.05) is 41.9 Å². The van der Waals surface area contributed by atoms with Crippen molar-refractivity contribution in [2.75, 3.05) is 45.8 Å². The molecule has 1 fully saturated rings. The second kappa shape index (κ2) is 12.4. The Bertz CT molecular complexity index is 821. The topological polar surface area (TPSA) is 64.7 Å². The van der Waals surface area contributed by atoms with Crippen molar-refractivity contribution in [3.8, 4) is 0 Å². The molecule has 6 nitrogen and oxygen atoms in total. The van der Waals surface area contributed by atoms with E-state index in [0.29, 0.717) is 36.5 Å². The van der Waals surface area contributed by atoms with Crippen molar-refractivity contribution in [2.45, 2.75) is 19.4 Å². The normalized spacial score (nSPS) is 14.9. The predicted octanol–water partition coefficient (Wildman–Crippen LogP) is 2.78. The molecule has 1 heterocycles. The van der Waals surface area contributed by atoms with Crippen molar-refractivity contribution in [2.24, 2.45) is 0 Å². The van der Waals surface area contributed by atoms with Crippen LogP contribution in [0.2, 0.25) is 5.02 Å². The minimum absolute atomic E-state index is 0.0310. The summed E-state index contributed by atoms with van der Waals surface area (Å²) in [5, 5.41) is 6.41. The van der Waals surface area contributed by atoms with Crippen molar-refractivity contribution in [3.63, 3.8) is 0 Å². The summed E-state index contributed by atoms with van der Waals surface area (Å²) in [5.41, 5.74) is 1.92. The Morgan fingerprint density at radius 3 is 2.23 bits per heavy atom. The first-order chi connectivity index (χ1) is 15.1. The van der Waals surface area contributed by atoms with Crippen LogP contribution in [0.4, 0.5) is 0 Å². The molecule has 0 bridgehead atoms. The molecule has 2 amide bonds. The highest BCUT2D eigenvalue weighted by Crippen LogP contribution is 2.09. The molecule has 2 aromatic carbocycles. The van der Waals surface area contributed by atoms with Gasteiger partial charge in [0, 0.05) is 69.4 Å². The van der Waals surface area contributed by atoms with E-state index in [2.05, 4.69) is 44.7 Å². The summed E-state index contributed by atoms with van der Waals surface area (Å²) < 4.78 is 0. The number of hydrogen-bond acceptors (Lipinski definition) is 4. The first-order valence-corrected chi connectivity index (χ1v) is 11.3. The lowest BCUT2D eigenvalue weighted by Crippen LogP contribution is -2.48. The summed E-state index contributed by atoms with van der Waals surface area (Å²) in [4.78, 5) is 28.9. The fourth-order valence-corrected chi connectivity index (χ4v) is 3.73. The zero-order valence-corrected chi connectivity index (χ0v) is 18.6. The maximum absolute atomic E-state index is 12.0. The van der Waals surface area contributed by atoms with Gasteiger partial charge in [0.05, 0.1) is 0 Å². The Labute approximate surface area is 189 Å². The number of halogens is 1. The van der Waals surface area contributed by atoms with Gasteiger partial charge in [0.25, 0.3) is 5.91 Å². The van der Waals surface area contributed by atoms with E-state index in [-0.39, 0.29) is 11.8 Å². The fourth-order valence-electron chi connectivity index (χ4n) is 3.61. The van der Waals surface area contributed by atoms with Crippen LogP contribution in [-0.2, 0) is 11.3 Å². The Morgan fingerprint density at radius 2 is 1.52 bits per heavy atom. The summed E-state index contributed by atoms with van der Waals surface area (Å²) in [6.07, 6.45) is 1.02. The van der Waals surface area contributed by atoms with E-state index in [1.54, 1.807) is 24.3 Å². The van der Waals surface area contributed by atoms with E-state index >= 15 is 0 Å². The second-order valence-electron chi connectivity index (χ2n) is 7.82. The van der Waals surface area contributed by atoms with Gasteiger partial charge < -0.3 is 10.6 Å². The molecule has 0 radical (unpaired) electrons. The van der Waals surface area contributed by atoms with Crippen LogP contribution in [0.1, 0.15) is 28.8 Å². The Kier molecular flexibility index (Phi) is 9.34. The van der Waals surface area contributed by atoms with Gasteiger partial charge >= 0.3 is 0 Å². The van der Waals surface area contributed by atoms with E-state index in [1.165, 1.54) is 5.56 Å². The third-order valence-corrected chi connectivity index (χ3v) is 5.69. The van der Waals surface area contributed by atoms with Gasteiger partial charge in [-0.15, -0.1) is 0 Å². The Morgan fingerprint density at radius 1 is 0.839 bits per heavy atom. The second-order valence-corrected chi connectivity index (χ2v) is 8.26. The number of hydrogen-bond donors (Lipinski definition) is 2. The van der Waals surface area contributed by atoms with Crippen LogP contribution in [0.5, 0.6) is 0 Å². The van der Waals surface area contributed by atoms with Crippen LogP contribution in [0, 0.1) is 0 Å². The molecule has 166 valence electrons. The molecular weight excluding hydrogens is 412 g/mol. The zero-order valence-electron chi connectivity index (χ0n) is 17.9. The number of carbonyl (C=O) groups excluding carboxylic acids is 2. The van der Waals surface area contributed by atoms with Gasteiger partial charge in [0.15, 0.2) is 0 Å². The molecular formula is C24H31ClN4O2. The third-order valence-electron chi connectivity index (χ3n) is 5.44. The smallest absolute Gasteiger partial charge is 0.251 e. The van der Waals surface area contributed by atoms with E-state index in [4.69, 9.17) is 11.6 Å². The van der Waals surface area contributed by atoms with Crippen molar-refractivity contribution in [1.82, 2.24) is 20.4 Å². The van der Waals surface area contributed by atoms with Crippen molar-refractivity contribution in [3.05, 3.63) is 70.7 Å². The Balaban J connectivity index is 1.21. The lowest BCUT2D eigenvalue weighted by molar-refractivity contribution is -0.121. The lowest BCUT2D eigenvalue weighted by Gasteiger charge is -2.34. The maximum atomic E-state index is 12.0. The quantitative estimate of drug-likeness (QED) is 0.555. The molecule has 2 aromatic rings. The third kappa shape index (κ3) is 8.32. The molecule has 2 N–H and O–H groups in total. The summed E-state index contributed by atoms with van der Waals surface area (Å²) in [7, 11) is 0. The molecule has 0 atom stereocenters. The van der Waals surface area contributed by atoms with Gasteiger partial charge in [0.1, 0.15) is 0 Å². The molecule has 0 unspecified atom stereocenters. The highest BCUT2D eigenvalue weighted by atomic mass is 35.5. The van der Waals surface area contributed by atoms with Crippen LogP contribution in [-0.4, -0.2) is 67.4 Å². The first-order valence-electron chi connectivity index (χ1n) is 10.9. The molecule has 1 saturated heterocycles. The number of carbonyl (C=O) groups is 2. The van der Waals surface area contributed by atoms with Crippen LogP contribution in [0.15, 0.2) is 54.6 Å². The lowest BCUT2D eigenvalue weighted by atomic mass is 10.2. The summed E-state index contributed by atoms with van der Waals surface area (Å²) in [5.74, 6) is -0.119. The molecule has 31 heavy (non-hydrogen) atoms. The molecule has 3 rings (SSSR count). The van der Waals surface area contributed by atoms with Gasteiger partial charge in [-0.2, -0.15) is 0 Å². The highest BCUT2D eigenvalue weighted by Gasteiger charge is 2.16. The standard InChI is InChI=1S/C24H31ClN4O2/c25-22-10-8-21(9-11-22)24(31)27-12-4-7-23(30)26-13-14-28-15-17-29(18-16-28)19-20-5-2-1-3-6-20/h1-3,5-6,8-11H,4,7,12-19H2,(H,26,30)(H,27,31). The average Bonchev–Trinajstić information content (AvgIpc) is 2.79. The molecule has 1 aliphatic heterocycles. The molecule has 0 saturated carbocycles. The van der Waals surface area contributed by atoms with Crippen molar-refractivity contribution in [1.29, 1.82) is 0 Å². The number of benzene rings is 2. The van der Waals surface area contributed by atoms with E-state index < -0.39 is 0 Å². The predicted molar refractivity (Wildman–Crippen MR) is 124 cm³/mol. The van der Waals surface area contributed by atoms with Gasteiger partial charge in [-0.3, -0.25) is 19.4 Å². The van der Waals surface area contributed by atoms with E-state index in [9.17, 15) is 9.59 Å². The average molecular weight is 443 g/mol. The van der Waals surface area contributed by atoms with Crippen LogP contribution >= 0.6 is 11.6 Å². The highest BCUT2D eigenvalue weighted by molar-refractivity contribution is 6.30. The minimum Gasteiger partial charge on any atom is -0.355 e. The molecule has 0 aromatic heterocycles. The zero-order chi connectivity index (χ0) is 21.9. The van der Waals surface area contributed by atoms with Crippen molar-refractivity contribution >= 4 is 23.4 Å². The largest absolute Gasteiger partial charge is 0.355 e. The fraction of sp³-hybridized carbons (Fsp3) is 0.417. The van der Waals surface area contributed by atoms with Crippen LogP contribution in [0.25, 0.3) is 0 Å².